The maximum absolute atomic E-state index is 13.9. The van der Waals surface area contributed by atoms with Crippen molar-refractivity contribution in [3.8, 4) is 0 Å². The predicted molar refractivity (Wildman–Crippen MR) is 104 cm³/mol. The van der Waals surface area contributed by atoms with Gasteiger partial charge in [0.15, 0.2) is 12.1 Å². The highest BCUT2D eigenvalue weighted by Crippen LogP contribution is 2.22. The minimum absolute atomic E-state index is 0. The van der Waals surface area contributed by atoms with Crippen LogP contribution in [0.25, 0.3) is 0 Å². The smallest absolute Gasteiger partial charge is 0.382 e. The monoisotopic (exact) mass is 508 g/mol. The lowest BCUT2D eigenvalue weighted by Gasteiger charge is -2.37. The average Bonchev–Trinajstić information content (AvgIpc) is 2.60. The molecule has 154 valence electrons. The van der Waals surface area contributed by atoms with Crippen LogP contribution in [0.4, 0.5) is 27.6 Å². The van der Waals surface area contributed by atoms with Crippen molar-refractivity contribution in [2.45, 2.75) is 19.2 Å². The van der Waals surface area contributed by atoms with Crippen LogP contribution in [-0.4, -0.2) is 67.5 Å². The minimum Gasteiger partial charge on any atom is -0.382 e. The molecule has 1 aliphatic heterocycles. The van der Waals surface area contributed by atoms with Gasteiger partial charge >= 0.3 is 6.18 Å². The Morgan fingerprint density at radius 3 is 2.41 bits per heavy atom. The zero-order valence-electron chi connectivity index (χ0n) is 14.6. The van der Waals surface area contributed by atoms with E-state index in [1.165, 1.54) is 0 Å². The molecule has 0 aromatic heterocycles. The van der Waals surface area contributed by atoms with Gasteiger partial charge in [0.2, 0.25) is 0 Å². The summed E-state index contributed by atoms with van der Waals surface area (Å²) in [6, 6.07) is 3.21. The molecule has 1 saturated heterocycles. The number of aliphatic hydroxyl groups is 1. The number of nitrogens with zero attached hydrogens (tertiary/aromatic N) is 3. The number of rotatable bonds is 4. The van der Waals surface area contributed by atoms with Crippen molar-refractivity contribution >= 4 is 35.6 Å². The summed E-state index contributed by atoms with van der Waals surface area (Å²) in [4.78, 5) is 7.23. The van der Waals surface area contributed by atoms with E-state index in [1.807, 2.05) is 0 Å². The van der Waals surface area contributed by atoms with E-state index in [-0.39, 0.29) is 35.6 Å². The molecule has 0 saturated carbocycles. The summed E-state index contributed by atoms with van der Waals surface area (Å²) in [5.41, 5.74) is 0.152. The Bertz CT molecular complexity index is 636. The SMILES string of the molecule is CCNC(=NCC(O)C(F)(F)F)N1CCN(c2cc(F)ccc2F)CC1.I. The van der Waals surface area contributed by atoms with Gasteiger partial charge in [-0.3, -0.25) is 4.99 Å². The summed E-state index contributed by atoms with van der Waals surface area (Å²) in [5.74, 6) is -0.830. The van der Waals surface area contributed by atoms with E-state index in [1.54, 1.807) is 16.7 Å². The maximum Gasteiger partial charge on any atom is 0.416 e. The second-order valence-corrected chi connectivity index (χ2v) is 5.82. The van der Waals surface area contributed by atoms with Crippen LogP contribution in [0, 0.1) is 11.6 Å². The van der Waals surface area contributed by atoms with Crippen molar-refractivity contribution in [1.82, 2.24) is 10.2 Å². The first-order valence-electron chi connectivity index (χ1n) is 8.20. The molecule has 0 amide bonds. The maximum atomic E-state index is 13.9. The molecule has 1 unspecified atom stereocenters. The molecule has 2 rings (SSSR count). The molecule has 0 aliphatic carbocycles. The number of nitrogens with one attached hydrogen (secondary N) is 1. The quantitative estimate of drug-likeness (QED) is 0.284. The number of hydrogen-bond acceptors (Lipinski definition) is 3. The third-order valence-electron chi connectivity index (χ3n) is 3.95. The molecule has 1 aromatic carbocycles. The highest BCUT2D eigenvalue weighted by Gasteiger charge is 2.38. The molecular formula is C16H22F5IN4O. The zero-order valence-corrected chi connectivity index (χ0v) is 17.0. The average molecular weight is 508 g/mol. The summed E-state index contributed by atoms with van der Waals surface area (Å²) in [6.45, 7) is 2.85. The first-order chi connectivity index (χ1) is 12.2. The molecule has 1 heterocycles. The molecule has 27 heavy (non-hydrogen) atoms. The van der Waals surface area contributed by atoms with Gasteiger partial charge in [-0.05, 0) is 19.1 Å². The van der Waals surface area contributed by atoms with Crippen molar-refractivity contribution in [3.05, 3.63) is 29.8 Å². The highest BCUT2D eigenvalue weighted by molar-refractivity contribution is 14.0. The van der Waals surface area contributed by atoms with E-state index in [0.717, 1.165) is 18.2 Å². The number of hydrogen-bond donors (Lipinski definition) is 2. The third kappa shape index (κ3) is 6.63. The summed E-state index contributed by atoms with van der Waals surface area (Å²) in [7, 11) is 0. The van der Waals surface area contributed by atoms with Crippen molar-refractivity contribution in [1.29, 1.82) is 0 Å². The van der Waals surface area contributed by atoms with E-state index < -0.39 is 30.5 Å². The van der Waals surface area contributed by atoms with Gasteiger partial charge < -0.3 is 20.2 Å². The number of benzene rings is 1. The lowest BCUT2D eigenvalue weighted by molar-refractivity contribution is -0.199. The van der Waals surface area contributed by atoms with Gasteiger partial charge in [-0.2, -0.15) is 13.2 Å². The standard InChI is InChI=1S/C16H21F5N4O.HI/c1-2-22-15(23-10-14(26)16(19,20)21)25-7-5-24(6-8-25)13-9-11(17)3-4-12(13)18;/h3-4,9,14,26H,2,5-8,10H2,1H3,(H,22,23);1H. The van der Waals surface area contributed by atoms with Crippen LogP contribution in [0.15, 0.2) is 23.2 Å². The number of aliphatic imine (C=N–C) groups is 1. The predicted octanol–water partition coefficient (Wildman–Crippen LogP) is 2.59. The highest BCUT2D eigenvalue weighted by atomic mass is 127. The second kappa shape index (κ2) is 10.2. The van der Waals surface area contributed by atoms with Crippen LogP contribution in [-0.2, 0) is 0 Å². The molecule has 0 spiro atoms. The van der Waals surface area contributed by atoms with E-state index in [0.29, 0.717) is 32.7 Å². The van der Waals surface area contributed by atoms with Crippen LogP contribution in [0.5, 0.6) is 0 Å². The van der Waals surface area contributed by atoms with Gasteiger partial charge in [-0.1, -0.05) is 0 Å². The summed E-state index contributed by atoms with van der Waals surface area (Å²) < 4.78 is 64.4. The molecular weight excluding hydrogens is 486 g/mol. The van der Waals surface area contributed by atoms with Crippen molar-refractivity contribution in [2.75, 3.05) is 44.2 Å². The molecule has 1 aromatic rings. The van der Waals surface area contributed by atoms with E-state index in [9.17, 15) is 22.0 Å². The summed E-state index contributed by atoms with van der Waals surface area (Å²) in [5, 5.41) is 12.0. The third-order valence-corrected chi connectivity index (χ3v) is 3.95. The topological polar surface area (TPSA) is 51.1 Å². The Hall–Kier alpha value is -1.37. The minimum atomic E-state index is -4.73. The van der Waals surface area contributed by atoms with Crippen molar-refractivity contribution in [3.63, 3.8) is 0 Å². The Labute approximate surface area is 171 Å². The second-order valence-electron chi connectivity index (χ2n) is 5.82. The van der Waals surface area contributed by atoms with E-state index in [4.69, 9.17) is 5.11 Å². The van der Waals surface area contributed by atoms with E-state index in [2.05, 4.69) is 10.3 Å². The van der Waals surface area contributed by atoms with Crippen LogP contribution in [0.2, 0.25) is 0 Å². The van der Waals surface area contributed by atoms with Crippen molar-refractivity contribution < 1.29 is 27.1 Å². The molecule has 1 atom stereocenters. The molecule has 1 aliphatic rings. The van der Waals surface area contributed by atoms with Crippen LogP contribution in [0.1, 0.15) is 6.92 Å². The van der Waals surface area contributed by atoms with Gasteiger partial charge in [0.05, 0.1) is 12.2 Å². The lowest BCUT2D eigenvalue weighted by atomic mass is 10.2. The van der Waals surface area contributed by atoms with Crippen LogP contribution >= 0.6 is 24.0 Å². The number of halogens is 6. The fraction of sp³-hybridized carbons (Fsp3) is 0.562. The van der Waals surface area contributed by atoms with Gasteiger partial charge in [0.25, 0.3) is 0 Å². The first kappa shape index (κ1) is 23.7. The number of guanidine groups is 1. The fourth-order valence-corrected chi connectivity index (χ4v) is 2.59. The zero-order chi connectivity index (χ0) is 19.3. The Balaban J connectivity index is 0.00000364. The summed E-state index contributed by atoms with van der Waals surface area (Å²) >= 11 is 0. The number of anilines is 1. The normalized spacial score (nSPS) is 16.8. The molecule has 2 N–H and O–H groups in total. The fourth-order valence-electron chi connectivity index (χ4n) is 2.59. The number of alkyl halides is 3. The first-order valence-corrected chi connectivity index (χ1v) is 8.20. The largest absolute Gasteiger partial charge is 0.416 e. The molecule has 5 nitrogen and oxygen atoms in total. The van der Waals surface area contributed by atoms with Crippen molar-refractivity contribution in [2.24, 2.45) is 4.99 Å². The van der Waals surface area contributed by atoms with Gasteiger partial charge in [-0.25, -0.2) is 8.78 Å². The molecule has 0 bridgehead atoms. The number of aliphatic hydroxyl groups excluding tert-OH is 1. The lowest BCUT2D eigenvalue weighted by Crippen LogP contribution is -2.53. The number of piperazine rings is 1. The van der Waals surface area contributed by atoms with Gasteiger partial charge in [-0.15, -0.1) is 24.0 Å². The Kier molecular flexibility index (Phi) is 8.99. The molecule has 11 heteroatoms. The molecule has 1 fully saturated rings. The Morgan fingerprint density at radius 2 is 1.85 bits per heavy atom. The molecule has 0 radical (unpaired) electrons. The Morgan fingerprint density at radius 1 is 1.22 bits per heavy atom. The van der Waals surface area contributed by atoms with Crippen LogP contribution < -0.4 is 10.2 Å². The summed E-state index contributed by atoms with van der Waals surface area (Å²) in [6.07, 6.45) is -7.26. The van der Waals surface area contributed by atoms with Crippen LogP contribution in [0.3, 0.4) is 0 Å². The van der Waals surface area contributed by atoms with Gasteiger partial charge in [0.1, 0.15) is 11.6 Å². The van der Waals surface area contributed by atoms with E-state index >= 15 is 0 Å². The van der Waals surface area contributed by atoms with Gasteiger partial charge in [0, 0.05) is 38.8 Å².